The predicted octanol–water partition coefficient (Wildman–Crippen LogP) is 4.91. The number of aliphatic imine (C=N–C) groups is 1. The first-order valence-corrected chi connectivity index (χ1v) is 21.7. The SMILES string of the molecule is COc1c(CN2O[C@@H](CO)[C@@H]([C@H](C)O)[C@H]2C(=O)N[C@H]2C[C@@H]3C[C@@H]([C@@H]2C)C3(C)C)cccc1-c1cc(C(=O)N[C@@H](CN=C(N(C)C)N(C)C)Cc2ccccc2)cc(N(C)C)c1. The summed E-state index contributed by atoms with van der Waals surface area (Å²) in [7, 11) is 13.3. The van der Waals surface area contributed by atoms with Crippen molar-refractivity contribution in [2.45, 2.75) is 83.8 Å². The quantitative estimate of drug-likeness (QED) is 0.123. The van der Waals surface area contributed by atoms with E-state index in [2.05, 4.69) is 43.5 Å². The van der Waals surface area contributed by atoms with E-state index in [1.54, 1.807) is 19.1 Å². The molecule has 1 heterocycles. The number of aliphatic hydroxyl groups excluding tert-OH is 2. The number of guanidine groups is 1. The van der Waals surface area contributed by atoms with Gasteiger partial charge in [-0.3, -0.25) is 19.4 Å². The highest BCUT2D eigenvalue weighted by Crippen LogP contribution is 2.61. The highest BCUT2D eigenvalue weighted by molar-refractivity contribution is 5.97. The topological polar surface area (TPSA) is 142 Å². The van der Waals surface area contributed by atoms with Gasteiger partial charge in [0.25, 0.3) is 5.91 Å². The number of anilines is 1. The van der Waals surface area contributed by atoms with E-state index in [0.29, 0.717) is 42.0 Å². The second-order valence-electron chi connectivity index (χ2n) is 18.7. The molecular weight excluding hydrogens is 771 g/mol. The molecular formula is C48H69N7O6. The number of para-hydroxylation sites is 1. The average Bonchev–Trinajstić information content (AvgIpc) is 3.59. The van der Waals surface area contributed by atoms with E-state index in [0.717, 1.165) is 40.3 Å². The maximum atomic E-state index is 14.4. The number of ether oxygens (including phenoxy) is 1. The lowest BCUT2D eigenvalue weighted by Gasteiger charge is -2.62. The van der Waals surface area contributed by atoms with Crippen LogP contribution < -0.4 is 20.3 Å². The summed E-state index contributed by atoms with van der Waals surface area (Å²) in [5, 5.41) is 29.7. The standard InChI is InChI=1S/C48H69N7O6/c1-29-39-24-35(48(39,3)4)25-40(29)51-46(59)43-42(30(2)57)41(28-56)61-55(43)27-32-18-15-19-38(44(32)60-11)33-21-34(23-37(22-33)52(5)6)45(58)50-36(20-31-16-13-12-14-17-31)26-49-47(53(7)8)54(9)10/h12-19,21-23,29-30,35-36,39-43,56-57H,20,24-28H2,1-11H3,(H,50,58)(H,51,59)/t29-,30-,35-,36+,39-,40-,41-,42+,43-/m0/s1. The van der Waals surface area contributed by atoms with Gasteiger partial charge in [-0.2, -0.15) is 5.06 Å². The van der Waals surface area contributed by atoms with Gasteiger partial charge in [0.2, 0.25) is 5.91 Å². The van der Waals surface area contributed by atoms with E-state index >= 15 is 0 Å². The number of fused-ring (bicyclic) bond motifs is 2. The van der Waals surface area contributed by atoms with Crippen molar-refractivity contribution >= 4 is 23.5 Å². The maximum absolute atomic E-state index is 14.4. The van der Waals surface area contributed by atoms with Gasteiger partial charge in [-0.15, -0.1) is 0 Å². The zero-order valence-corrected chi connectivity index (χ0v) is 38.1. The van der Waals surface area contributed by atoms with Crippen molar-refractivity contribution in [1.29, 1.82) is 0 Å². The Labute approximate surface area is 363 Å². The van der Waals surface area contributed by atoms with Crippen molar-refractivity contribution < 1.29 is 29.4 Å². The van der Waals surface area contributed by atoms with Gasteiger partial charge in [0.05, 0.1) is 39.0 Å². The first-order valence-electron chi connectivity index (χ1n) is 21.7. The van der Waals surface area contributed by atoms with Crippen LogP contribution in [0.2, 0.25) is 0 Å². The molecule has 3 saturated carbocycles. The van der Waals surface area contributed by atoms with Crippen LogP contribution in [0.5, 0.6) is 5.75 Å². The molecule has 9 atom stereocenters. The Morgan fingerprint density at radius 3 is 2.30 bits per heavy atom. The fraction of sp³-hybridized carbons (Fsp3) is 0.562. The third-order valence-electron chi connectivity index (χ3n) is 13.6. The van der Waals surface area contributed by atoms with E-state index in [1.807, 2.05) is 112 Å². The minimum Gasteiger partial charge on any atom is -0.496 e. The molecule has 4 fully saturated rings. The molecule has 7 rings (SSSR count). The van der Waals surface area contributed by atoms with Gasteiger partial charge in [0.15, 0.2) is 5.96 Å². The molecule has 3 aliphatic carbocycles. The van der Waals surface area contributed by atoms with Crippen molar-refractivity contribution in [3.8, 4) is 16.9 Å². The van der Waals surface area contributed by atoms with Gasteiger partial charge in [-0.05, 0) is 78.7 Å². The van der Waals surface area contributed by atoms with Crippen molar-refractivity contribution in [2.24, 2.45) is 34.1 Å². The zero-order valence-electron chi connectivity index (χ0n) is 38.1. The number of nitrogens with one attached hydrogen (secondary N) is 2. The van der Waals surface area contributed by atoms with Gasteiger partial charge < -0.3 is 40.3 Å². The number of aliphatic hydroxyl groups is 2. The molecule has 4 aliphatic rings. The van der Waals surface area contributed by atoms with Crippen LogP contribution in [0, 0.1) is 29.1 Å². The number of amides is 2. The van der Waals surface area contributed by atoms with Gasteiger partial charge in [0, 0.05) is 76.6 Å². The predicted molar refractivity (Wildman–Crippen MR) is 241 cm³/mol. The molecule has 2 bridgehead atoms. The Kier molecular flexibility index (Phi) is 14.4. The highest BCUT2D eigenvalue weighted by Gasteiger charge is 2.57. The average molecular weight is 840 g/mol. The normalized spacial score (nSPS) is 25.1. The van der Waals surface area contributed by atoms with Crippen LogP contribution in [0.4, 0.5) is 5.69 Å². The molecule has 332 valence electrons. The number of hydroxylamine groups is 2. The monoisotopic (exact) mass is 840 g/mol. The van der Waals surface area contributed by atoms with E-state index in [1.165, 1.54) is 6.42 Å². The number of rotatable bonds is 15. The Hall–Kier alpha value is -4.69. The number of hydrogen-bond acceptors (Lipinski definition) is 9. The lowest BCUT2D eigenvalue weighted by atomic mass is 9.45. The lowest BCUT2D eigenvalue weighted by Crippen LogP contribution is -2.62. The number of carbonyl (C=O) groups is 2. The molecule has 61 heavy (non-hydrogen) atoms. The molecule has 1 saturated heterocycles. The number of methoxy groups -OCH3 is 1. The third kappa shape index (κ3) is 9.85. The molecule has 3 aromatic rings. The van der Waals surface area contributed by atoms with Crippen LogP contribution in [0.3, 0.4) is 0 Å². The van der Waals surface area contributed by atoms with E-state index in [4.69, 9.17) is 14.6 Å². The summed E-state index contributed by atoms with van der Waals surface area (Å²) in [6.45, 7) is 8.74. The van der Waals surface area contributed by atoms with Crippen LogP contribution in [0.25, 0.3) is 11.1 Å². The number of hydrogen-bond donors (Lipinski definition) is 4. The Morgan fingerprint density at radius 2 is 1.70 bits per heavy atom. The Morgan fingerprint density at radius 1 is 1.00 bits per heavy atom. The van der Waals surface area contributed by atoms with Crippen LogP contribution in [-0.4, -0.2) is 136 Å². The molecule has 2 amide bonds. The molecule has 3 aromatic carbocycles. The number of benzene rings is 3. The summed E-state index contributed by atoms with van der Waals surface area (Å²) >= 11 is 0. The summed E-state index contributed by atoms with van der Waals surface area (Å²) < 4.78 is 6.14. The highest BCUT2D eigenvalue weighted by atomic mass is 16.7. The smallest absolute Gasteiger partial charge is 0.251 e. The summed E-state index contributed by atoms with van der Waals surface area (Å²) in [5.41, 5.74) is 4.96. The van der Waals surface area contributed by atoms with Crippen molar-refractivity contribution in [1.82, 2.24) is 25.5 Å². The van der Waals surface area contributed by atoms with Crippen LogP contribution in [-0.2, 0) is 22.6 Å². The molecule has 0 unspecified atom stereocenters. The maximum Gasteiger partial charge on any atom is 0.251 e. The van der Waals surface area contributed by atoms with Crippen molar-refractivity contribution in [3.63, 3.8) is 0 Å². The molecule has 4 N–H and O–H groups in total. The van der Waals surface area contributed by atoms with Gasteiger partial charge in [-0.25, -0.2) is 0 Å². The van der Waals surface area contributed by atoms with Crippen molar-refractivity contribution in [3.05, 3.63) is 83.4 Å². The molecule has 13 heteroatoms. The summed E-state index contributed by atoms with van der Waals surface area (Å²) in [6.07, 6.45) is 1.03. The summed E-state index contributed by atoms with van der Waals surface area (Å²) in [5.74, 6) is 1.70. The number of carbonyl (C=O) groups excluding carboxylic acids is 2. The molecule has 0 radical (unpaired) electrons. The number of nitrogens with zero attached hydrogens (tertiary/aromatic N) is 5. The van der Waals surface area contributed by atoms with E-state index < -0.39 is 24.2 Å². The minimum atomic E-state index is -0.914. The van der Waals surface area contributed by atoms with Gasteiger partial charge >= 0.3 is 0 Å². The summed E-state index contributed by atoms with van der Waals surface area (Å²) in [6, 6.07) is 20.6. The first-order chi connectivity index (χ1) is 28.9. The second-order valence-corrected chi connectivity index (χ2v) is 18.7. The van der Waals surface area contributed by atoms with Gasteiger partial charge in [0.1, 0.15) is 17.9 Å². The van der Waals surface area contributed by atoms with Crippen LogP contribution in [0.1, 0.15) is 62.0 Å². The third-order valence-corrected chi connectivity index (χ3v) is 13.6. The Bertz CT molecular complexity index is 2010. The second kappa shape index (κ2) is 19.1. The minimum absolute atomic E-state index is 0.0251. The van der Waals surface area contributed by atoms with E-state index in [9.17, 15) is 19.8 Å². The largest absolute Gasteiger partial charge is 0.496 e. The van der Waals surface area contributed by atoms with Gasteiger partial charge in [-0.1, -0.05) is 69.3 Å². The summed E-state index contributed by atoms with van der Waals surface area (Å²) in [4.78, 5) is 45.8. The zero-order chi connectivity index (χ0) is 44.3. The Balaban J connectivity index is 1.29. The van der Waals surface area contributed by atoms with Crippen molar-refractivity contribution in [2.75, 3.05) is 67.4 Å². The fourth-order valence-electron chi connectivity index (χ4n) is 10.2. The first kappa shape index (κ1) is 45.8. The molecule has 13 nitrogen and oxygen atoms in total. The molecule has 0 aromatic heterocycles. The molecule has 0 spiro atoms. The van der Waals surface area contributed by atoms with Crippen LogP contribution in [0.15, 0.2) is 71.7 Å². The molecule has 1 aliphatic heterocycles. The van der Waals surface area contributed by atoms with Crippen LogP contribution >= 0.6 is 0 Å². The van der Waals surface area contributed by atoms with E-state index in [-0.39, 0.29) is 42.5 Å². The lowest BCUT2D eigenvalue weighted by molar-refractivity contribution is -0.183. The fourth-order valence-corrected chi connectivity index (χ4v) is 10.2.